The number of carbonyl (C=O) groups is 12. The maximum atomic E-state index is 12.5. The Bertz CT molecular complexity index is 1300. The van der Waals surface area contributed by atoms with Gasteiger partial charge in [-0.15, -0.1) is 0 Å². The monoisotopic (exact) mass is 720 g/mol. The number of nitrogens with zero attached hydrogens (tertiary/aromatic N) is 2. The van der Waals surface area contributed by atoms with Gasteiger partial charge in [0.1, 0.15) is 12.1 Å². The fourth-order valence-electron chi connectivity index (χ4n) is 5.29. The summed E-state index contributed by atoms with van der Waals surface area (Å²) in [5.41, 5.74) is 0. The number of likely N-dealkylation sites (tertiary alicyclic amines) is 2. The van der Waals surface area contributed by atoms with Crippen LogP contribution < -0.4 is 31.9 Å². The Morgan fingerprint density at radius 3 is 1.31 bits per heavy atom. The van der Waals surface area contributed by atoms with Crippen LogP contribution in [0.1, 0.15) is 71.6 Å². The number of hydrogen-bond acceptors (Lipinski definition) is 12. The highest BCUT2D eigenvalue weighted by molar-refractivity contribution is 6.04. The van der Waals surface area contributed by atoms with Crippen molar-refractivity contribution in [2.24, 2.45) is 11.8 Å². The molecule has 4 unspecified atom stereocenters. The molecule has 0 aromatic rings. The zero-order valence-electron chi connectivity index (χ0n) is 28.4. The molecule has 2 aliphatic heterocycles. The lowest BCUT2D eigenvalue weighted by Crippen LogP contribution is -2.49. The van der Waals surface area contributed by atoms with Gasteiger partial charge in [-0.05, 0) is 19.3 Å². The van der Waals surface area contributed by atoms with E-state index in [9.17, 15) is 57.5 Å². The first kappa shape index (κ1) is 41.6. The maximum Gasteiger partial charge on any atom is 0.249 e. The number of rotatable bonds is 22. The second kappa shape index (κ2) is 20.8. The first-order chi connectivity index (χ1) is 24.2. The van der Waals surface area contributed by atoms with Gasteiger partial charge in [0, 0.05) is 63.7 Å². The van der Waals surface area contributed by atoms with E-state index in [4.69, 9.17) is 0 Å². The molecule has 0 aromatic heterocycles. The Kier molecular flexibility index (Phi) is 17.0. The van der Waals surface area contributed by atoms with Crippen LogP contribution in [0.4, 0.5) is 0 Å². The Hall–Kier alpha value is -5.56. The quantitative estimate of drug-likeness (QED) is 0.0358. The van der Waals surface area contributed by atoms with Crippen molar-refractivity contribution in [3.05, 3.63) is 0 Å². The van der Waals surface area contributed by atoms with E-state index in [0.717, 1.165) is 9.80 Å². The molecule has 20 heteroatoms. The second-order valence-electron chi connectivity index (χ2n) is 12.1. The molecule has 12 amide bonds. The molecule has 0 saturated carbocycles. The van der Waals surface area contributed by atoms with Crippen molar-refractivity contribution in [1.82, 2.24) is 41.7 Å². The molecular formula is C31H44N8O12. The van der Waals surface area contributed by atoms with Gasteiger partial charge in [-0.1, -0.05) is 13.8 Å². The largest absolute Gasteiger partial charge is 0.356 e. The van der Waals surface area contributed by atoms with E-state index in [0.29, 0.717) is 0 Å². The third-order valence-electron chi connectivity index (χ3n) is 7.99. The molecule has 0 aliphatic carbocycles. The van der Waals surface area contributed by atoms with Gasteiger partial charge in [-0.3, -0.25) is 78.0 Å². The summed E-state index contributed by atoms with van der Waals surface area (Å²) in [5, 5.41) is 13.4. The summed E-state index contributed by atoms with van der Waals surface area (Å²) in [6.07, 6.45) is -0.926. The zero-order valence-corrected chi connectivity index (χ0v) is 28.4. The summed E-state index contributed by atoms with van der Waals surface area (Å²) in [4.78, 5) is 146. The summed E-state index contributed by atoms with van der Waals surface area (Å²) in [6.45, 7) is 3.61. The van der Waals surface area contributed by atoms with Crippen molar-refractivity contribution in [3.63, 3.8) is 0 Å². The lowest BCUT2D eigenvalue weighted by atomic mass is 10.1. The van der Waals surface area contributed by atoms with E-state index in [2.05, 4.69) is 21.3 Å². The molecule has 0 bridgehead atoms. The van der Waals surface area contributed by atoms with Gasteiger partial charge >= 0.3 is 0 Å². The second-order valence-corrected chi connectivity index (χ2v) is 12.1. The topological polar surface area (TPSA) is 284 Å². The molecule has 2 fully saturated rings. The number of carbonyl (C=O) groups excluding carboxylic acids is 12. The van der Waals surface area contributed by atoms with Crippen molar-refractivity contribution in [2.45, 2.75) is 83.7 Å². The summed E-state index contributed by atoms with van der Waals surface area (Å²) in [6, 6.07) is -2.90. The molecule has 280 valence electrons. The average molecular weight is 721 g/mol. The van der Waals surface area contributed by atoms with Crippen LogP contribution in [0.15, 0.2) is 0 Å². The molecule has 0 radical (unpaired) electrons. The van der Waals surface area contributed by atoms with E-state index in [1.807, 2.05) is 10.6 Å². The summed E-state index contributed by atoms with van der Waals surface area (Å²) in [7, 11) is 0. The van der Waals surface area contributed by atoms with Crippen LogP contribution in [-0.2, 0) is 57.5 Å². The molecule has 6 N–H and O–H groups in total. The smallest absolute Gasteiger partial charge is 0.249 e. The van der Waals surface area contributed by atoms with Crippen molar-refractivity contribution in [1.29, 1.82) is 0 Å². The lowest BCUT2D eigenvalue weighted by Gasteiger charge is -2.18. The van der Waals surface area contributed by atoms with E-state index in [1.165, 1.54) is 0 Å². The van der Waals surface area contributed by atoms with Gasteiger partial charge in [-0.25, -0.2) is 0 Å². The minimum atomic E-state index is -1.45. The molecule has 4 atom stereocenters. The number of nitrogens with one attached hydrogen (secondary N) is 6. The Labute approximate surface area is 292 Å². The van der Waals surface area contributed by atoms with Crippen LogP contribution in [0.3, 0.4) is 0 Å². The highest BCUT2D eigenvalue weighted by atomic mass is 16.2. The third kappa shape index (κ3) is 13.7. The zero-order chi connectivity index (χ0) is 38.1. The summed E-state index contributed by atoms with van der Waals surface area (Å²) >= 11 is 0. The fourth-order valence-corrected chi connectivity index (χ4v) is 5.29. The van der Waals surface area contributed by atoms with E-state index in [1.54, 1.807) is 13.8 Å². The minimum absolute atomic E-state index is 0.0609. The van der Waals surface area contributed by atoms with Crippen molar-refractivity contribution < 1.29 is 57.5 Å². The van der Waals surface area contributed by atoms with E-state index < -0.39 is 72.2 Å². The van der Waals surface area contributed by atoms with Crippen molar-refractivity contribution in [2.75, 3.05) is 26.2 Å². The van der Waals surface area contributed by atoms with Crippen molar-refractivity contribution in [3.8, 4) is 0 Å². The predicted octanol–water partition coefficient (Wildman–Crippen LogP) is -3.75. The normalized spacial score (nSPS) is 18.1. The third-order valence-corrected chi connectivity index (χ3v) is 7.99. The Balaban J connectivity index is 1.78. The predicted molar refractivity (Wildman–Crippen MR) is 172 cm³/mol. The minimum Gasteiger partial charge on any atom is -0.356 e. The molecule has 2 saturated heterocycles. The van der Waals surface area contributed by atoms with E-state index >= 15 is 0 Å². The highest BCUT2D eigenvalue weighted by Gasteiger charge is 2.36. The number of hydrogen-bond donors (Lipinski definition) is 6. The number of imide groups is 4. The lowest BCUT2D eigenvalue weighted by molar-refractivity contribution is -0.140. The fraction of sp³-hybridized carbons (Fsp3) is 0.613. The maximum absolute atomic E-state index is 12.5. The van der Waals surface area contributed by atoms with Crippen molar-refractivity contribution >= 4 is 71.9 Å². The average Bonchev–Trinajstić information content (AvgIpc) is 3.45. The molecule has 2 aliphatic rings. The number of amides is 12. The van der Waals surface area contributed by atoms with Gasteiger partial charge in [0.25, 0.3) is 0 Å². The summed E-state index contributed by atoms with van der Waals surface area (Å²) < 4.78 is 0. The van der Waals surface area contributed by atoms with Crippen LogP contribution in [-0.4, -0.2) is 120 Å². The molecule has 0 spiro atoms. The van der Waals surface area contributed by atoms with Gasteiger partial charge in [0.2, 0.25) is 71.9 Å². The van der Waals surface area contributed by atoms with Gasteiger partial charge in [-0.2, -0.15) is 0 Å². The molecule has 51 heavy (non-hydrogen) atoms. The van der Waals surface area contributed by atoms with Crippen LogP contribution in [0.5, 0.6) is 0 Å². The Morgan fingerprint density at radius 1 is 0.627 bits per heavy atom. The van der Waals surface area contributed by atoms with Crippen LogP contribution in [0.25, 0.3) is 0 Å². The first-order valence-corrected chi connectivity index (χ1v) is 16.5. The van der Waals surface area contributed by atoms with Crippen LogP contribution in [0, 0.1) is 11.8 Å². The molecule has 2 rings (SSSR count). The van der Waals surface area contributed by atoms with E-state index in [-0.39, 0.29) is 108 Å². The molecule has 20 nitrogen and oxygen atoms in total. The van der Waals surface area contributed by atoms with Gasteiger partial charge in [0.05, 0.1) is 12.8 Å². The first-order valence-electron chi connectivity index (χ1n) is 16.5. The standard InChI is InChI=1S/C31H44N8O12/c1-18-12-26(46)38(30(18)50)10-4-8-32-24(44)14-20(28(48)34-16-40)36-22(42)6-3-7-23(43)37-21(29(49)35-17-41)15-25(45)33-9-5-11-39-27(47)13-19(2)31(39)51/h16-21H,3-15H2,1-2H3,(H,32,44)(H,33,45)(H,36,42)(H,37,43)(H,34,40,48)(H,35,41,49). The molecule has 2 heterocycles. The van der Waals surface area contributed by atoms with Crippen LogP contribution >= 0.6 is 0 Å². The van der Waals surface area contributed by atoms with Gasteiger partial charge < -0.3 is 21.3 Å². The highest BCUT2D eigenvalue weighted by Crippen LogP contribution is 2.19. The SMILES string of the molecule is CC1CC(=O)N(CCCNC(=O)CC(NC(=O)CCCC(=O)NC(CC(=O)NCCCN2C(=O)CC(C)C2=O)C(=O)NC=O)C(=O)NC=O)C1=O. The summed E-state index contributed by atoms with van der Waals surface area (Å²) in [5.74, 6) is -6.74. The Morgan fingerprint density at radius 2 is 1.00 bits per heavy atom. The van der Waals surface area contributed by atoms with Gasteiger partial charge in [0.15, 0.2) is 0 Å². The molecule has 0 aromatic carbocycles. The molecular weight excluding hydrogens is 676 g/mol. The van der Waals surface area contributed by atoms with Crippen LogP contribution in [0.2, 0.25) is 0 Å².